The molecule has 0 saturated heterocycles. The van der Waals surface area contributed by atoms with Gasteiger partial charge in [-0.2, -0.15) is 16.9 Å². The molecule has 3 nitrogen and oxygen atoms in total. The highest BCUT2D eigenvalue weighted by molar-refractivity contribution is 9.10. The van der Waals surface area contributed by atoms with E-state index in [1.807, 2.05) is 16.4 Å². The quantitative estimate of drug-likeness (QED) is 0.907. The second-order valence-electron chi connectivity index (χ2n) is 3.42. The summed E-state index contributed by atoms with van der Waals surface area (Å²) < 4.78 is 3.19. The summed E-state index contributed by atoms with van der Waals surface area (Å²) >= 11 is 5.27. The average Bonchev–Trinajstić information content (AvgIpc) is 2.85. The number of hydrogen-bond donors (Lipinski definition) is 1. The molecule has 1 fully saturated rings. The molecular formula is C8H12BrN3S. The zero-order valence-corrected chi connectivity index (χ0v) is 9.86. The van der Waals surface area contributed by atoms with Crippen molar-refractivity contribution in [3.63, 3.8) is 0 Å². The van der Waals surface area contributed by atoms with E-state index in [2.05, 4.69) is 27.3 Å². The smallest absolute Gasteiger partial charge is 0.136 e. The molecule has 0 amide bonds. The largest absolute Gasteiger partial charge is 0.383 e. The van der Waals surface area contributed by atoms with Gasteiger partial charge in [0, 0.05) is 4.75 Å². The molecule has 5 heteroatoms. The summed E-state index contributed by atoms with van der Waals surface area (Å²) in [5, 5.41) is 4.22. The molecule has 0 unspecified atom stereocenters. The van der Waals surface area contributed by atoms with Crippen molar-refractivity contribution in [1.82, 2.24) is 9.78 Å². The van der Waals surface area contributed by atoms with E-state index in [1.54, 1.807) is 6.20 Å². The Morgan fingerprint density at radius 2 is 2.46 bits per heavy atom. The zero-order chi connectivity index (χ0) is 9.47. The lowest BCUT2D eigenvalue weighted by atomic mass is 10.4. The van der Waals surface area contributed by atoms with E-state index in [-0.39, 0.29) is 0 Å². The minimum absolute atomic E-state index is 0.416. The Balaban J connectivity index is 2.14. The summed E-state index contributed by atoms with van der Waals surface area (Å²) in [4.78, 5) is 0. The van der Waals surface area contributed by atoms with Gasteiger partial charge in [0.1, 0.15) is 5.82 Å². The topological polar surface area (TPSA) is 43.8 Å². The first-order valence-corrected chi connectivity index (χ1v) is 6.21. The van der Waals surface area contributed by atoms with E-state index >= 15 is 0 Å². The van der Waals surface area contributed by atoms with Gasteiger partial charge in [-0.25, -0.2) is 4.68 Å². The molecule has 1 aliphatic rings. The van der Waals surface area contributed by atoms with Crippen molar-refractivity contribution in [2.24, 2.45) is 0 Å². The SMILES string of the molecule is CSC1(Cn2ncc(Br)c2N)CC1. The Bertz CT molecular complexity index is 319. The Morgan fingerprint density at radius 3 is 2.85 bits per heavy atom. The van der Waals surface area contributed by atoms with Crippen LogP contribution in [0.4, 0.5) is 5.82 Å². The normalized spacial score (nSPS) is 18.9. The van der Waals surface area contributed by atoms with Crippen molar-refractivity contribution in [3.8, 4) is 0 Å². The van der Waals surface area contributed by atoms with Gasteiger partial charge in [-0.1, -0.05) is 0 Å². The monoisotopic (exact) mass is 261 g/mol. The van der Waals surface area contributed by atoms with Gasteiger partial charge in [0.15, 0.2) is 0 Å². The minimum Gasteiger partial charge on any atom is -0.383 e. The van der Waals surface area contributed by atoms with E-state index in [4.69, 9.17) is 5.73 Å². The fourth-order valence-corrected chi connectivity index (χ4v) is 2.40. The number of rotatable bonds is 3. The zero-order valence-electron chi connectivity index (χ0n) is 7.46. The number of hydrogen-bond acceptors (Lipinski definition) is 3. The highest BCUT2D eigenvalue weighted by Gasteiger charge is 2.42. The van der Waals surface area contributed by atoms with E-state index in [9.17, 15) is 0 Å². The van der Waals surface area contributed by atoms with Crippen LogP contribution in [0.5, 0.6) is 0 Å². The van der Waals surface area contributed by atoms with Crippen LogP contribution in [0.25, 0.3) is 0 Å². The molecule has 0 aliphatic heterocycles. The highest BCUT2D eigenvalue weighted by atomic mass is 79.9. The summed E-state index contributed by atoms with van der Waals surface area (Å²) in [7, 11) is 0. The van der Waals surface area contributed by atoms with Gasteiger partial charge in [-0.3, -0.25) is 0 Å². The fraction of sp³-hybridized carbons (Fsp3) is 0.625. The molecule has 72 valence electrons. The standard InChI is InChI=1S/C8H12BrN3S/c1-13-8(2-3-8)5-12-7(10)6(9)4-11-12/h4H,2-3,5,10H2,1H3. The first-order valence-electron chi connectivity index (χ1n) is 4.19. The van der Waals surface area contributed by atoms with Crippen molar-refractivity contribution in [1.29, 1.82) is 0 Å². The molecule has 13 heavy (non-hydrogen) atoms. The molecule has 2 rings (SSSR count). The summed E-state index contributed by atoms with van der Waals surface area (Å²) in [6.45, 7) is 0.936. The lowest BCUT2D eigenvalue weighted by molar-refractivity contribution is 0.597. The van der Waals surface area contributed by atoms with E-state index < -0.39 is 0 Å². The van der Waals surface area contributed by atoms with Crippen molar-refractivity contribution in [2.75, 3.05) is 12.0 Å². The Labute approximate surface area is 90.2 Å². The van der Waals surface area contributed by atoms with E-state index in [1.165, 1.54) is 12.8 Å². The molecule has 0 atom stereocenters. The van der Waals surface area contributed by atoms with Gasteiger partial charge in [0.25, 0.3) is 0 Å². The summed E-state index contributed by atoms with van der Waals surface area (Å²) in [6, 6.07) is 0. The van der Waals surface area contributed by atoms with Gasteiger partial charge in [-0.15, -0.1) is 0 Å². The molecule has 0 radical (unpaired) electrons. The van der Waals surface area contributed by atoms with Crippen molar-refractivity contribution in [3.05, 3.63) is 10.7 Å². The van der Waals surface area contributed by atoms with Gasteiger partial charge < -0.3 is 5.73 Å². The van der Waals surface area contributed by atoms with Crippen LogP contribution in [0, 0.1) is 0 Å². The van der Waals surface area contributed by atoms with Crippen LogP contribution in [0.2, 0.25) is 0 Å². The maximum atomic E-state index is 5.84. The van der Waals surface area contributed by atoms with Crippen molar-refractivity contribution in [2.45, 2.75) is 24.1 Å². The van der Waals surface area contributed by atoms with Crippen LogP contribution in [0.3, 0.4) is 0 Å². The molecule has 0 aromatic carbocycles. The summed E-state index contributed by atoms with van der Waals surface area (Å²) in [5.74, 6) is 0.736. The molecular weight excluding hydrogens is 250 g/mol. The third kappa shape index (κ3) is 1.72. The Morgan fingerprint density at radius 1 is 1.77 bits per heavy atom. The number of thioether (sulfide) groups is 1. The lowest BCUT2D eigenvalue weighted by Crippen LogP contribution is -2.16. The Hall–Kier alpha value is -0.160. The maximum absolute atomic E-state index is 5.84. The van der Waals surface area contributed by atoms with Crippen molar-refractivity contribution >= 4 is 33.5 Å². The maximum Gasteiger partial charge on any atom is 0.136 e. The van der Waals surface area contributed by atoms with Gasteiger partial charge in [0.2, 0.25) is 0 Å². The lowest BCUT2D eigenvalue weighted by Gasteiger charge is -2.12. The number of nitrogen functional groups attached to an aromatic ring is 1. The molecule has 2 N–H and O–H groups in total. The van der Waals surface area contributed by atoms with Crippen LogP contribution >= 0.6 is 27.7 Å². The van der Waals surface area contributed by atoms with E-state index in [0.717, 1.165) is 16.8 Å². The average molecular weight is 262 g/mol. The number of anilines is 1. The van der Waals surface area contributed by atoms with E-state index in [0.29, 0.717) is 4.75 Å². The Kier molecular flexibility index (Phi) is 2.32. The minimum atomic E-state index is 0.416. The van der Waals surface area contributed by atoms with Gasteiger partial charge in [-0.05, 0) is 35.0 Å². The van der Waals surface area contributed by atoms with Crippen LogP contribution in [0.15, 0.2) is 10.7 Å². The fourth-order valence-electron chi connectivity index (χ4n) is 1.34. The van der Waals surface area contributed by atoms with Crippen molar-refractivity contribution < 1.29 is 0 Å². The van der Waals surface area contributed by atoms with Crippen LogP contribution in [-0.2, 0) is 6.54 Å². The molecule has 1 aliphatic carbocycles. The molecule has 1 aromatic heterocycles. The summed E-state index contributed by atoms with van der Waals surface area (Å²) in [6.07, 6.45) is 6.48. The third-order valence-electron chi connectivity index (χ3n) is 2.51. The number of aromatic nitrogens is 2. The van der Waals surface area contributed by atoms with Crippen LogP contribution in [-0.4, -0.2) is 20.8 Å². The number of nitrogens with zero attached hydrogens (tertiary/aromatic N) is 2. The highest BCUT2D eigenvalue weighted by Crippen LogP contribution is 2.48. The number of halogens is 1. The predicted octanol–water partition coefficient (Wildman–Crippen LogP) is 2.12. The molecule has 0 bridgehead atoms. The number of nitrogens with two attached hydrogens (primary N) is 1. The van der Waals surface area contributed by atoms with Crippen LogP contribution < -0.4 is 5.73 Å². The summed E-state index contributed by atoms with van der Waals surface area (Å²) in [5.41, 5.74) is 5.84. The van der Waals surface area contributed by atoms with Gasteiger partial charge >= 0.3 is 0 Å². The second-order valence-corrected chi connectivity index (χ2v) is 5.55. The second kappa shape index (κ2) is 3.20. The molecule has 1 heterocycles. The van der Waals surface area contributed by atoms with Gasteiger partial charge in [0.05, 0.1) is 17.2 Å². The molecule has 0 spiro atoms. The van der Waals surface area contributed by atoms with Crippen LogP contribution in [0.1, 0.15) is 12.8 Å². The molecule has 1 aromatic rings. The first kappa shape index (κ1) is 9.40. The molecule has 1 saturated carbocycles. The first-order chi connectivity index (χ1) is 6.17. The third-order valence-corrected chi connectivity index (χ3v) is 4.53. The predicted molar refractivity (Wildman–Crippen MR) is 59.8 cm³/mol.